The molecule has 1 amide bonds. The van der Waals surface area contributed by atoms with E-state index in [1.165, 1.54) is 25.6 Å². The Labute approximate surface area is 178 Å². The molecule has 1 heterocycles. The van der Waals surface area contributed by atoms with Gasteiger partial charge in [-0.3, -0.25) is 9.59 Å². The van der Waals surface area contributed by atoms with Gasteiger partial charge >= 0.3 is 0 Å². The summed E-state index contributed by atoms with van der Waals surface area (Å²) in [5, 5.41) is 12.7. The van der Waals surface area contributed by atoms with Crippen molar-refractivity contribution in [3.63, 3.8) is 0 Å². The van der Waals surface area contributed by atoms with Gasteiger partial charge in [0, 0.05) is 18.9 Å². The number of benzene rings is 2. The zero-order valence-corrected chi connectivity index (χ0v) is 17.5. The smallest absolute Gasteiger partial charge is 0.224 e. The fourth-order valence-electron chi connectivity index (χ4n) is 2.97. The van der Waals surface area contributed by atoms with E-state index in [0.717, 1.165) is 10.2 Å². The van der Waals surface area contributed by atoms with Crippen molar-refractivity contribution in [2.45, 2.75) is 25.2 Å². The summed E-state index contributed by atoms with van der Waals surface area (Å²) in [7, 11) is 3.05. The number of ether oxygens (including phenoxy) is 2. The van der Waals surface area contributed by atoms with Gasteiger partial charge in [0.15, 0.2) is 11.7 Å². The number of fused-ring (bicyclic) bond motifs is 1. The number of carbonyl (C=O) groups is 2. The number of anilines is 1. The Bertz CT molecular complexity index is 1070. The van der Waals surface area contributed by atoms with Gasteiger partial charge in [-0.1, -0.05) is 12.1 Å². The largest absolute Gasteiger partial charge is 0.497 e. The van der Waals surface area contributed by atoms with Crippen LogP contribution in [0.5, 0.6) is 11.5 Å². The first-order valence-corrected chi connectivity index (χ1v) is 10.2. The number of Topliss-reactive ketones (excluding diaryl/α,β-unsaturated/α-hetero) is 1. The number of amides is 1. The van der Waals surface area contributed by atoms with Crippen LogP contribution in [0.15, 0.2) is 42.5 Å². The molecule has 1 N–H and O–H groups in total. The third-order valence-corrected chi connectivity index (χ3v) is 5.62. The summed E-state index contributed by atoms with van der Waals surface area (Å²) in [5.41, 5.74) is 1.27. The normalized spacial score (nSPS) is 11.5. The number of methoxy groups -OCH3 is 2. The van der Waals surface area contributed by atoms with E-state index in [1.54, 1.807) is 18.2 Å². The molecular formula is C22H21N3O4S. The predicted octanol–water partition coefficient (Wildman–Crippen LogP) is 4.30. The molecule has 30 heavy (non-hydrogen) atoms. The molecule has 0 aliphatic heterocycles. The zero-order valence-electron chi connectivity index (χ0n) is 16.7. The number of nitrogens with one attached hydrogen (secondary N) is 1. The number of aromatic nitrogens is 1. The van der Waals surface area contributed by atoms with E-state index in [-0.39, 0.29) is 24.5 Å². The van der Waals surface area contributed by atoms with Gasteiger partial charge < -0.3 is 14.8 Å². The molecule has 1 unspecified atom stereocenters. The molecular weight excluding hydrogens is 402 g/mol. The van der Waals surface area contributed by atoms with Crippen molar-refractivity contribution in [2.24, 2.45) is 0 Å². The van der Waals surface area contributed by atoms with Crippen LogP contribution in [0.3, 0.4) is 0 Å². The van der Waals surface area contributed by atoms with Crippen LogP contribution in [0.1, 0.15) is 30.2 Å². The van der Waals surface area contributed by atoms with E-state index in [4.69, 9.17) is 9.47 Å². The molecule has 0 saturated carbocycles. The molecule has 0 bridgehead atoms. The van der Waals surface area contributed by atoms with Crippen LogP contribution in [0.4, 0.5) is 5.69 Å². The maximum absolute atomic E-state index is 12.6. The van der Waals surface area contributed by atoms with E-state index in [9.17, 15) is 14.9 Å². The lowest BCUT2D eigenvalue weighted by atomic mass is 10.0. The highest BCUT2D eigenvalue weighted by atomic mass is 32.1. The van der Waals surface area contributed by atoms with Gasteiger partial charge in [0.05, 0.1) is 36.2 Å². The lowest BCUT2D eigenvalue weighted by Crippen LogP contribution is -2.14. The van der Waals surface area contributed by atoms with Gasteiger partial charge in [0.2, 0.25) is 5.91 Å². The summed E-state index contributed by atoms with van der Waals surface area (Å²) in [4.78, 5) is 29.3. The minimum absolute atomic E-state index is 0.122. The summed E-state index contributed by atoms with van der Waals surface area (Å²) in [6.45, 7) is 0. The average molecular weight is 423 g/mol. The molecule has 0 aliphatic rings. The first-order valence-electron chi connectivity index (χ1n) is 9.35. The van der Waals surface area contributed by atoms with Gasteiger partial charge in [0.1, 0.15) is 16.5 Å². The molecule has 0 fully saturated rings. The summed E-state index contributed by atoms with van der Waals surface area (Å²) < 4.78 is 11.3. The van der Waals surface area contributed by atoms with Gasteiger partial charge in [-0.15, -0.1) is 11.3 Å². The molecule has 0 saturated heterocycles. The number of hydrogen-bond acceptors (Lipinski definition) is 7. The first kappa shape index (κ1) is 21.3. The number of thiazole rings is 1. The molecule has 3 rings (SSSR count). The molecule has 2 aromatic carbocycles. The van der Waals surface area contributed by atoms with Crippen molar-refractivity contribution in [3.8, 4) is 17.6 Å². The molecule has 7 nitrogen and oxygen atoms in total. The minimum Gasteiger partial charge on any atom is -0.497 e. The first-order chi connectivity index (χ1) is 14.5. The topological polar surface area (TPSA) is 101 Å². The number of carbonyl (C=O) groups excluding carboxylic acids is 2. The fraction of sp³-hybridized carbons (Fsp3) is 0.273. The molecule has 1 atom stereocenters. The SMILES string of the molecule is COc1ccc(OC)c(NC(=O)CCCC(=O)C(C#N)c2nc3ccccc3s2)c1. The maximum atomic E-state index is 12.6. The van der Waals surface area contributed by atoms with Crippen LogP contribution < -0.4 is 14.8 Å². The Morgan fingerprint density at radius 1 is 1.17 bits per heavy atom. The second kappa shape index (κ2) is 9.85. The Morgan fingerprint density at radius 3 is 2.67 bits per heavy atom. The van der Waals surface area contributed by atoms with Crippen LogP contribution in [0.25, 0.3) is 10.2 Å². The summed E-state index contributed by atoms with van der Waals surface area (Å²) in [6, 6.07) is 14.7. The van der Waals surface area contributed by atoms with Gasteiger partial charge in [0.25, 0.3) is 0 Å². The standard InChI is InChI=1S/C22H21N3O4S/c1-28-14-10-11-19(29-2)17(12-14)24-21(27)9-5-7-18(26)15(13-23)22-25-16-6-3-4-8-20(16)30-22/h3-4,6,8,10-12,15H,5,7,9H2,1-2H3,(H,24,27). The van der Waals surface area contributed by atoms with Crippen molar-refractivity contribution in [1.82, 2.24) is 4.98 Å². The Balaban J connectivity index is 1.57. The number of para-hydroxylation sites is 1. The van der Waals surface area contributed by atoms with E-state index < -0.39 is 5.92 Å². The molecule has 1 aromatic heterocycles. The Morgan fingerprint density at radius 2 is 1.97 bits per heavy atom. The Hall–Kier alpha value is -3.44. The molecule has 0 spiro atoms. The van der Waals surface area contributed by atoms with Crippen molar-refractivity contribution in [2.75, 3.05) is 19.5 Å². The third kappa shape index (κ3) is 4.93. The second-order valence-corrected chi connectivity index (χ2v) is 7.58. The van der Waals surface area contributed by atoms with Crippen molar-refractivity contribution < 1.29 is 19.1 Å². The summed E-state index contributed by atoms with van der Waals surface area (Å²) in [6.07, 6.45) is 0.598. The van der Waals surface area contributed by atoms with E-state index in [0.29, 0.717) is 28.6 Å². The molecule has 0 aliphatic carbocycles. The molecule has 0 radical (unpaired) electrons. The van der Waals surface area contributed by atoms with Crippen LogP contribution in [-0.4, -0.2) is 30.9 Å². The lowest BCUT2D eigenvalue weighted by Gasteiger charge is -2.11. The second-order valence-electron chi connectivity index (χ2n) is 6.52. The predicted molar refractivity (Wildman–Crippen MR) is 115 cm³/mol. The number of ketones is 1. The van der Waals surface area contributed by atoms with Crippen molar-refractivity contribution in [1.29, 1.82) is 5.26 Å². The van der Waals surface area contributed by atoms with Crippen molar-refractivity contribution >= 4 is 38.9 Å². The maximum Gasteiger partial charge on any atom is 0.224 e. The van der Waals surface area contributed by atoms with E-state index in [2.05, 4.69) is 16.4 Å². The fourth-order valence-corrected chi connectivity index (χ4v) is 4.01. The zero-order chi connectivity index (χ0) is 21.5. The van der Waals surface area contributed by atoms with Crippen LogP contribution in [0, 0.1) is 11.3 Å². The highest BCUT2D eigenvalue weighted by Crippen LogP contribution is 2.30. The summed E-state index contributed by atoms with van der Waals surface area (Å²) >= 11 is 1.35. The van der Waals surface area contributed by atoms with Gasteiger partial charge in [-0.2, -0.15) is 5.26 Å². The van der Waals surface area contributed by atoms with Crippen LogP contribution in [0.2, 0.25) is 0 Å². The number of hydrogen-bond donors (Lipinski definition) is 1. The van der Waals surface area contributed by atoms with Crippen LogP contribution >= 0.6 is 11.3 Å². The summed E-state index contributed by atoms with van der Waals surface area (Å²) in [5.74, 6) is -0.287. The lowest BCUT2D eigenvalue weighted by molar-refractivity contribution is -0.119. The highest BCUT2D eigenvalue weighted by Gasteiger charge is 2.23. The number of rotatable bonds is 9. The monoisotopic (exact) mass is 423 g/mol. The van der Waals surface area contributed by atoms with Crippen molar-refractivity contribution in [3.05, 3.63) is 47.5 Å². The van der Waals surface area contributed by atoms with E-state index in [1.807, 2.05) is 24.3 Å². The highest BCUT2D eigenvalue weighted by molar-refractivity contribution is 7.18. The van der Waals surface area contributed by atoms with E-state index >= 15 is 0 Å². The minimum atomic E-state index is -0.913. The quantitative estimate of drug-likeness (QED) is 0.551. The number of nitriles is 1. The molecule has 3 aromatic rings. The van der Waals surface area contributed by atoms with Gasteiger partial charge in [-0.05, 0) is 30.7 Å². The third-order valence-electron chi connectivity index (χ3n) is 4.52. The van der Waals surface area contributed by atoms with Crippen LogP contribution in [-0.2, 0) is 9.59 Å². The number of nitrogens with zero attached hydrogens (tertiary/aromatic N) is 2. The molecule has 154 valence electrons. The molecule has 8 heteroatoms. The Kier molecular flexibility index (Phi) is 6.99. The average Bonchev–Trinajstić information content (AvgIpc) is 3.17. The van der Waals surface area contributed by atoms with Gasteiger partial charge in [-0.25, -0.2) is 4.98 Å².